The lowest BCUT2D eigenvalue weighted by atomic mass is 10.1. The maximum absolute atomic E-state index is 13.0. The van der Waals surface area contributed by atoms with Gasteiger partial charge in [-0.25, -0.2) is 9.59 Å². The molecule has 0 saturated carbocycles. The van der Waals surface area contributed by atoms with E-state index in [1.165, 1.54) is 33.5 Å². The van der Waals surface area contributed by atoms with Crippen LogP contribution in [0, 0.1) is 0 Å². The number of methoxy groups -OCH3 is 3. The zero-order valence-electron chi connectivity index (χ0n) is 17.4. The molecule has 3 aromatic rings. The summed E-state index contributed by atoms with van der Waals surface area (Å²) in [5, 5.41) is 0.559. The van der Waals surface area contributed by atoms with Gasteiger partial charge < -0.3 is 23.4 Å². The van der Waals surface area contributed by atoms with Crippen molar-refractivity contribution in [2.45, 2.75) is 26.2 Å². The Labute approximate surface area is 174 Å². The van der Waals surface area contributed by atoms with Crippen molar-refractivity contribution in [2.24, 2.45) is 0 Å². The second-order valence-electron chi connectivity index (χ2n) is 6.60. The van der Waals surface area contributed by atoms with Crippen molar-refractivity contribution in [3.63, 3.8) is 0 Å². The van der Waals surface area contributed by atoms with Crippen molar-refractivity contribution in [2.75, 3.05) is 21.3 Å². The van der Waals surface area contributed by atoms with Gasteiger partial charge in [0, 0.05) is 0 Å². The van der Waals surface area contributed by atoms with E-state index in [0.29, 0.717) is 40.2 Å². The first kappa shape index (κ1) is 21.2. The molecule has 0 saturated heterocycles. The number of carbonyl (C=O) groups excluding carboxylic acids is 1. The van der Waals surface area contributed by atoms with E-state index in [2.05, 4.69) is 0 Å². The third-order valence-corrected chi connectivity index (χ3v) is 4.73. The predicted octanol–water partition coefficient (Wildman–Crippen LogP) is 4.38. The summed E-state index contributed by atoms with van der Waals surface area (Å²) in [7, 11) is 4.41. The van der Waals surface area contributed by atoms with E-state index in [4.69, 9.17) is 23.4 Å². The van der Waals surface area contributed by atoms with E-state index in [0.717, 1.165) is 12.8 Å². The van der Waals surface area contributed by atoms with Crippen LogP contribution < -0.4 is 24.6 Å². The lowest BCUT2D eigenvalue weighted by Gasteiger charge is -2.15. The van der Waals surface area contributed by atoms with Gasteiger partial charge in [0.05, 0.1) is 37.8 Å². The minimum atomic E-state index is -0.650. The first-order chi connectivity index (χ1) is 14.5. The van der Waals surface area contributed by atoms with Crippen LogP contribution in [0.5, 0.6) is 23.0 Å². The summed E-state index contributed by atoms with van der Waals surface area (Å²) >= 11 is 0. The molecule has 1 heterocycles. The molecule has 0 radical (unpaired) electrons. The summed E-state index contributed by atoms with van der Waals surface area (Å²) in [6, 6.07) is 9.97. The molecule has 0 aliphatic heterocycles. The molecular formula is C23H24O7. The summed E-state index contributed by atoms with van der Waals surface area (Å²) in [6.45, 7) is 2.02. The smallest absolute Gasteiger partial charge is 0.343 e. The number of carbonyl (C=O) groups is 1. The number of rotatable bonds is 8. The summed E-state index contributed by atoms with van der Waals surface area (Å²) in [5.74, 6) is 0.586. The average Bonchev–Trinajstić information content (AvgIpc) is 2.77. The lowest BCUT2D eigenvalue weighted by molar-refractivity contribution is 0.0733. The van der Waals surface area contributed by atoms with Crippen molar-refractivity contribution in [3.05, 3.63) is 57.9 Å². The van der Waals surface area contributed by atoms with Crippen molar-refractivity contribution in [1.82, 2.24) is 0 Å². The van der Waals surface area contributed by atoms with Crippen molar-refractivity contribution in [1.29, 1.82) is 0 Å². The Morgan fingerprint density at radius 1 is 0.967 bits per heavy atom. The molecule has 0 fully saturated rings. The molecule has 0 aliphatic rings. The summed E-state index contributed by atoms with van der Waals surface area (Å²) in [4.78, 5) is 25.6. The fourth-order valence-electron chi connectivity index (χ4n) is 3.20. The maximum atomic E-state index is 13.0. The Hall–Kier alpha value is -3.48. The van der Waals surface area contributed by atoms with Gasteiger partial charge in [-0.05, 0) is 37.1 Å². The van der Waals surface area contributed by atoms with E-state index in [9.17, 15) is 9.59 Å². The van der Waals surface area contributed by atoms with Crippen LogP contribution in [-0.2, 0) is 6.42 Å². The van der Waals surface area contributed by atoms with Gasteiger partial charge in [0.15, 0.2) is 17.2 Å². The van der Waals surface area contributed by atoms with Crippen LogP contribution in [0.4, 0.5) is 0 Å². The fourth-order valence-corrected chi connectivity index (χ4v) is 3.20. The van der Waals surface area contributed by atoms with Gasteiger partial charge >= 0.3 is 11.6 Å². The van der Waals surface area contributed by atoms with Crippen LogP contribution in [-0.4, -0.2) is 27.3 Å². The van der Waals surface area contributed by atoms with Gasteiger partial charge in [-0.1, -0.05) is 25.5 Å². The summed E-state index contributed by atoms with van der Waals surface area (Å²) in [6.07, 6.45) is 2.09. The molecule has 1 aromatic heterocycles. The number of para-hydroxylation sites is 1. The quantitative estimate of drug-likeness (QED) is 0.401. The summed E-state index contributed by atoms with van der Waals surface area (Å²) < 4.78 is 27.1. The molecule has 30 heavy (non-hydrogen) atoms. The van der Waals surface area contributed by atoms with E-state index >= 15 is 0 Å². The molecule has 2 aromatic carbocycles. The third kappa shape index (κ3) is 4.10. The van der Waals surface area contributed by atoms with E-state index in [1.807, 2.05) is 6.92 Å². The lowest BCUT2D eigenvalue weighted by Crippen LogP contribution is -2.16. The number of hydrogen-bond acceptors (Lipinski definition) is 7. The monoisotopic (exact) mass is 412 g/mol. The Kier molecular flexibility index (Phi) is 6.61. The van der Waals surface area contributed by atoms with Gasteiger partial charge in [-0.15, -0.1) is 0 Å². The average molecular weight is 412 g/mol. The maximum Gasteiger partial charge on any atom is 0.343 e. The van der Waals surface area contributed by atoms with Crippen LogP contribution in [0.25, 0.3) is 11.0 Å². The molecular weight excluding hydrogens is 388 g/mol. The van der Waals surface area contributed by atoms with Gasteiger partial charge in [-0.3, -0.25) is 0 Å². The molecule has 0 bridgehead atoms. The van der Waals surface area contributed by atoms with Gasteiger partial charge in [0.2, 0.25) is 5.75 Å². The number of esters is 1. The second-order valence-corrected chi connectivity index (χ2v) is 6.60. The van der Waals surface area contributed by atoms with Crippen molar-refractivity contribution < 1.29 is 28.2 Å². The Morgan fingerprint density at radius 3 is 2.23 bits per heavy atom. The van der Waals surface area contributed by atoms with Crippen LogP contribution in [0.3, 0.4) is 0 Å². The second kappa shape index (κ2) is 9.35. The Bertz CT molecular complexity index is 1090. The zero-order chi connectivity index (χ0) is 21.7. The Balaban J connectivity index is 2.10. The minimum Gasteiger partial charge on any atom is -0.493 e. The molecule has 0 unspecified atom stereocenters. The number of ether oxygens (including phenoxy) is 4. The van der Waals surface area contributed by atoms with E-state index in [-0.39, 0.29) is 11.3 Å². The number of benzene rings is 2. The van der Waals surface area contributed by atoms with Crippen LogP contribution in [0.15, 0.2) is 45.6 Å². The molecule has 0 aliphatic carbocycles. The van der Waals surface area contributed by atoms with Crippen molar-refractivity contribution >= 4 is 16.9 Å². The molecule has 0 spiro atoms. The zero-order valence-corrected chi connectivity index (χ0v) is 17.4. The first-order valence-electron chi connectivity index (χ1n) is 9.60. The molecule has 0 amide bonds. The molecule has 3 rings (SSSR count). The molecule has 0 N–H and O–H groups in total. The highest BCUT2D eigenvalue weighted by Crippen LogP contribution is 2.39. The normalized spacial score (nSPS) is 10.7. The fraction of sp³-hybridized carbons (Fsp3) is 0.304. The molecule has 7 nitrogen and oxygen atoms in total. The van der Waals surface area contributed by atoms with Gasteiger partial charge in [0.1, 0.15) is 5.58 Å². The number of unbranched alkanes of at least 4 members (excludes halogenated alkanes) is 1. The largest absolute Gasteiger partial charge is 0.493 e. The van der Waals surface area contributed by atoms with Gasteiger partial charge in [0.25, 0.3) is 0 Å². The van der Waals surface area contributed by atoms with E-state index in [1.54, 1.807) is 24.3 Å². The highest BCUT2D eigenvalue weighted by molar-refractivity contribution is 5.95. The van der Waals surface area contributed by atoms with Crippen LogP contribution in [0.2, 0.25) is 0 Å². The minimum absolute atomic E-state index is 0.197. The van der Waals surface area contributed by atoms with E-state index < -0.39 is 11.6 Å². The first-order valence-corrected chi connectivity index (χ1v) is 9.60. The van der Waals surface area contributed by atoms with Gasteiger partial charge in [-0.2, -0.15) is 0 Å². The SMILES string of the molecule is CCCCc1c(OC(=O)c2cc(OC)c(OC)c(OC)c2)c2ccccc2oc1=O. The molecule has 0 atom stereocenters. The summed E-state index contributed by atoms with van der Waals surface area (Å²) in [5.41, 5.74) is 0.393. The number of hydrogen-bond donors (Lipinski definition) is 0. The topological polar surface area (TPSA) is 84.2 Å². The van der Waals surface area contributed by atoms with Crippen LogP contribution in [0.1, 0.15) is 35.7 Å². The van der Waals surface area contributed by atoms with Crippen molar-refractivity contribution in [3.8, 4) is 23.0 Å². The molecule has 7 heteroatoms. The number of fused-ring (bicyclic) bond motifs is 1. The Morgan fingerprint density at radius 2 is 1.63 bits per heavy atom. The molecule has 158 valence electrons. The van der Waals surface area contributed by atoms with Crippen LogP contribution >= 0.6 is 0 Å². The third-order valence-electron chi connectivity index (χ3n) is 4.73. The standard InChI is InChI=1S/C23H24O7/c1-5-6-9-16-20(15-10-7-8-11-17(15)29-23(16)25)30-22(24)14-12-18(26-2)21(28-4)19(13-14)27-3/h7-8,10-13H,5-6,9H2,1-4H3. The predicted molar refractivity (Wildman–Crippen MR) is 112 cm³/mol. The highest BCUT2D eigenvalue weighted by atomic mass is 16.5. The highest BCUT2D eigenvalue weighted by Gasteiger charge is 2.22.